The van der Waals surface area contributed by atoms with E-state index in [1.165, 1.54) is 0 Å². The molecule has 0 aromatic carbocycles. The van der Waals surface area contributed by atoms with Crippen LogP contribution in [0, 0.1) is 12.3 Å². The van der Waals surface area contributed by atoms with Crippen molar-refractivity contribution >= 4 is 0 Å². The summed E-state index contributed by atoms with van der Waals surface area (Å²) in [4.78, 5) is 0. The zero-order chi connectivity index (χ0) is 10.6. The van der Waals surface area contributed by atoms with Crippen molar-refractivity contribution in [3.05, 3.63) is 0 Å². The second-order valence-electron chi connectivity index (χ2n) is 2.88. The Morgan fingerprint density at radius 1 is 1.50 bits per heavy atom. The van der Waals surface area contributed by atoms with Crippen molar-refractivity contribution in [1.82, 2.24) is 5.32 Å². The molecule has 0 aromatic rings. The maximum Gasteiger partial charge on any atom is 0.0897 e. The van der Waals surface area contributed by atoms with Crippen LogP contribution in [0.15, 0.2) is 0 Å². The lowest BCUT2D eigenvalue weighted by molar-refractivity contribution is 0.0139. The summed E-state index contributed by atoms with van der Waals surface area (Å²) in [7, 11) is 1.61. The van der Waals surface area contributed by atoms with Gasteiger partial charge >= 0.3 is 0 Å². The Hall–Kier alpha value is -0.600. The third kappa shape index (κ3) is 9.49. The predicted octanol–water partition coefficient (Wildman–Crippen LogP) is -0.377. The van der Waals surface area contributed by atoms with Crippen molar-refractivity contribution in [1.29, 1.82) is 0 Å². The molecule has 14 heavy (non-hydrogen) atoms. The summed E-state index contributed by atoms with van der Waals surface area (Å²) in [5.41, 5.74) is 0. The van der Waals surface area contributed by atoms with Crippen molar-refractivity contribution in [2.24, 2.45) is 0 Å². The van der Waals surface area contributed by atoms with Gasteiger partial charge in [-0.15, -0.1) is 12.3 Å². The standard InChI is InChI=1S/C10H19NO3/c1-3-4-5-11-8-10(12)9-14-7-6-13-2/h1,10-12H,4-9H2,2H3. The predicted molar refractivity (Wildman–Crippen MR) is 55.0 cm³/mol. The second kappa shape index (κ2) is 10.5. The average molecular weight is 201 g/mol. The summed E-state index contributed by atoms with van der Waals surface area (Å²) in [6, 6.07) is 0. The lowest BCUT2D eigenvalue weighted by Crippen LogP contribution is -2.31. The van der Waals surface area contributed by atoms with Gasteiger partial charge < -0.3 is 19.9 Å². The van der Waals surface area contributed by atoms with E-state index in [1.807, 2.05) is 0 Å². The highest BCUT2D eigenvalue weighted by Gasteiger charge is 2.02. The van der Waals surface area contributed by atoms with Crippen LogP contribution in [0.3, 0.4) is 0 Å². The molecular weight excluding hydrogens is 182 g/mol. The number of ether oxygens (including phenoxy) is 2. The average Bonchev–Trinajstić information content (AvgIpc) is 2.19. The first-order valence-electron chi connectivity index (χ1n) is 4.70. The molecule has 0 bridgehead atoms. The summed E-state index contributed by atoms with van der Waals surface area (Å²) in [5, 5.41) is 12.4. The lowest BCUT2D eigenvalue weighted by atomic mass is 10.3. The highest BCUT2D eigenvalue weighted by atomic mass is 16.5. The Bertz CT molecular complexity index is 156. The largest absolute Gasteiger partial charge is 0.389 e. The summed E-state index contributed by atoms with van der Waals surface area (Å²) in [5.74, 6) is 2.51. The number of hydrogen-bond acceptors (Lipinski definition) is 4. The van der Waals surface area contributed by atoms with Crippen LogP contribution in [0.5, 0.6) is 0 Å². The number of rotatable bonds is 9. The first kappa shape index (κ1) is 13.4. The van der Waals surface area contributed by atoms with E-state index in [0.29, 0.717) is 32.8 Å². The van der Waals surface area contributed by atoms with Crippen LogP contribution in [0.4, 0.5) is 0 Å². The van der Waals surface area contributed by atoms with Crippen LogP contribution in [-0.4, -0.2) is 51.2 Å². The molecule has 0 rings (SSSR count). The van der Waals surface area contributed by atoms with E-state index < -0.39 is 6.10 Å². The lowest BCUT2D eigenvalue weighted by Gasteiger charge is -2.11. The number of terminal acetylenes is 1. The van der Waals surface area contributed by atoms with E-state index in [1.54, 1.807) is 7.11 Å². The molecule has 1 atom stereocenters. The van der Waals surface area contributed by atoms with Crippen LogP contribution in [0.1, 0.15) is 6.42 Å². The summed E-state index contributed by atoms with van der Waals surface area (Å²) >= 11 is 0. The highest BCUT2D eigenvalue weighted by Crippen LogP contribution is 1.84. The van der Waals surface area contributed by atoms with Crippen LogP contribution >= 0.6 is 0 Å². The number of methoxy groups -OCH3 is 1. The van der Waals surface area contributed by atoms with Crippen molar-refractivity contribution in [2.75, 3.05) is 40.0 Å². The third-order valence-electron chi connectivity index (χ3n) is 1.57. The molecular formula is C10H19NO3. The molecule has 0 saturated carbocycles. The van der Waals surface area contributed by atoms with Gasteiger partial charge in [0.15, 0.2) is 0 Å². The molecule has 2 N–H and O–H groups in total. The van der Waals surface area contributed by atoms with Gasteiger partial charge in [0.05, 0.1) is 25.9 Å². The Kier molecular flexibility index (Phi) is 10.0. The Balaban J connectivity index is 3.12. The highest BCUT2D eigenvalue weighted by molar-refractivity contribution is 4.84. The molecule has 4 heteroatoms. The summed E-state index contributed by atoms with van der Waals surface area (Å²) in [6.07, 6.45) is 5.26. The van der Waals surface area contributed by atoms with Crippen LogP contribution < -0.4 is 5.32 Å². The van der Waals surface area contributed by atoms with Crippen LogP contribution in [-0.2, 0) is 9.47 Å². The molecule has 0 fully saturated rings. The Morgan fingerprint density at radius 3 is 2.93 bits per heavy atom. The fraction of sp³-hybridized carbons (Fsp3) is 0.800. The molecule has 4 nitrogen and oxygen atoms in total. The Morgan fingerprint density at radius 2 is 2.29 bits per heavy atom. The zero-order valence-electron chi connectivity index (χ0n) is 8.66. The Labute approximate surface area is 85.6 Å². The normalized spacial score (nSPS) is 12.4. The van der Waals surface area contributed by atoms with Gasteiger partial charge in [0.1, 0.15) is 0 Å². The van der Waals surface area contributed by atoms with Gasteiger partial charge in [-0.1, -0.05) is 0 Å². The van der Waals surface area contributed by atoms with Gasteiger partial charge in [-0.3, -0.25) is 0 Å². The molecule has 0 aliphatic carbocycles. The van der Waals surface area contributed by atoms with Gasteiger partial charge in [0, 0.05) is 26.6 Å². The monoisotopic (exact) mass is 201 g/mol. The first-order valence-corrected chi connectivity index (χ1v) is 4.70. The van der Waals surface area contributed by atoms with Crippen molar-refractivity contribution in [2.45, 2.75) is 12.5 Å². The molecule has 0 aromatic heterocycles. The fourth-order valence-electron chi connectivity index (χ4n) is 0.850. The van der Waals surface area contributed by atoms with E-state index in [9.17, 15) is 5.11 Å². The molecule has 0 aliphatic rings. The minimum Gasteiger partial charge on any atom is -0.389 e. The fourth-order valence-corrected chi connectivity index (χ4v) is 0.850. The molecule has 82 valence electrons. The number of aliphatic hydroxyl groups excluding tert-OH is 1. The van der Waals surface area contributed by atoms with E-state index in [-0.39, 0.29) is 0 Å². The van der Waals surface area contributed by atoms with Crippen molar-refractivity contribution in [3.8, 4) is 12.3 Å². The van der Waals surface area contributed by atoms with E-state index in [4.69, 9.17) is 15.9 Å². The van der Waals surface area contributed by atoms with Crippen LogP contribution in [0.25, 0.3) is 0 Å². The van der Waals surface area contributed by atoms with Gasteiger partial charge in [0.25, 0.3) is 0 Å². The summed E-state index contributed by atoms with van der Waals surface area (Å²) in [6.45, 7) is 2.63. The van der Waals surface area contributed by atoms with Gasteiger partial charge in [-0.2, -0.15) is 0 Å². The van der Waals surface area contributed by atoms with E-state index >= 15 is 0 Å². The minimum atomic E-state index is -0.482. The topological polar surface area (TPSA) is 50.7 Å². The number of aliphatic hydroxyl groups is 1. The maximum absolute atomic E-state index is 9.37. The first-order chi connectivity index (χ1) is 6.81. The third-order valence-corrected chi connectivity index (χ3v) is 1.57. The van der Waals surface area contributed by atoms with E-state index in [2.05, 4.69) is 11.2 Å². The molecule has 0 saturated heterocycles. The second-order valence-corrected chi connectivity index (χ2v) is 2.88. The smallest absolute Gasteiger partial charge is 0.0897 e. The van der Waals surface area contributed by atoms with Crippen molar-refractivity contribution < 1.29 is 14.6 Å². The zero-order valence-corrected chi connectivity index (χ0v) is 8.66. The summed E-state index contributed by atoms with van der Waals surface area (Å²) < 4.78 is 9.93. The molecule has 1 unspecified atom stereocenters. The van der Waals surface area contributed by atoms with Gasteiger partial charge in [-0.25, -0.2) is 0 Å². The number of hydrogen-bond donors (Lipinski definition) is 2. The molecule has 0 amide bonds. The molecule has 0 heterocycles. The van der Waals surface area contributed by atoms with Crippen LogP contribution in [0.2, 0.25) is 0 Å². The van der Waals surface area contributed by atoms with Crippen molar-refractivity contribution in [3.63, 3.8) is 0 Å². The molecule has 0 aliphatic heterocycles. The van der Waals surface area contributed by atoms with E-state index in [0.717, 1.165) is 6.54 Å². The van der Waals surface area contributed by atoms with Gasteiger partial charge in [-0.05, 0) is 0 Å². The SMILES string of the molecule is C#CCCNCC(O)COCCOC. The molecule has 0 radical (unpaired) electrons. The molecule has 0 spiro atoms. The minimum absolute atomic E-state index is 0.326. The van der Waals surface area contributed by atoms with Gasteiger partial charge in [0.2, 0.25) is 0 Å². The number of nitrogens with one attached hydrogen (secondary N) is 1. The quantitative estimate of drug-likeness (QED) is 0.394. The maximum atomic E-state index is 9.37.